The molecule has 1 aromatic carbocycles. The summed E-state index contributed by atoms with van der Waals surface area (Å²) in [6, 6.07) is 9.32. The predicted octanol–water partition coefficient (Wildman–Crippen LogP) is 3.07. The lowest BCUT2D eigenvalue weighted by atomic mass is 9.93. The Morgan fingerprint density at radius 3 is 3.00 bits per heavy atom. The van der Waals surface area contributed by atoms with E-state index in [4.69, 9.17) is 4.74 Å². The fraction of sp³-hybridized carbons (Fsp3) is 0.600. The lowest BCUT2D eigenvalue weighted by molar-refractivity contribution is 0.181. The lowest BCUT2D eigenvalue weighted by Gasteiger charge is -2.21. The molecule has 0 aliphatic carbocycles. The van der Waals surface area contributed by atoms with E-state index in [2.05, 4.69) is 43.4 Å². The molecule has 0 spiro atoms. The van der Waals surface area contributed by atoms with Crippen LogP contribution in [-0.2, 0) is 4.74 Å². The predicted molar refractivity (Wildman–Crippen MR) is 71.1 cm³/mol. The van der Waals surface area contributed by atoms with Crippen LogP contribution in [0, 0.1) is 12.8 Å². The van der Waals surface area contributed by atoms with Crippen LogP contribution in [0.25, 0.3) is 0 Å². The molecule has 94 valence electrons. The van der Waals surface area contributed by atoms with Gasteiger partial charge in [0, 0.05) is 19.3 Å². The maximum absolute atomic E-state index is 5.47. The maximum atomic E-state index is 5.47. The van der Waals surface area contributed by atoms with Crippen molar-refractivity contribution >= 4 is 0 Å². The van der Waals surface area contributed by atoms with E-state index in [9.17, 15) is 0 Å². The molecule has 2 nitrogen and oxygen atoms in total. The molecule has 17 heavy (non-hydrogen) atoms. The van der Waals surface area contributed by atoms with Crippen LogP contribution in [-0.4, -0.2) is 19.8 Å². The summed E-state index contributed by atoms with van der Waals surface area (Å²) in [6.07, 6.45) is 2.41. The first-order chi connectivity index (χ1) is 8.29. The third-order valence-electron chi connectivity index (χ3n) is 3.49. The van der Waals surface area contributed by atoms with Gasteiger partial charge in [-0.25, -0.2) is 0 Å². The molecule has 2 heteroatoms. The zero-order valence-electron chi connectivity index (χ0n) is 10.9. The average molecular weight is 233 g/mol. The van der Waals surface area contributed by atoms with Crippen molar-refractivity contribution in [2.24, 2.45) is 5.92 Å². The first kappa shape index (κ1) is 12.6. The summed E-state index contributed by atoms with van der Waals surface area (Å²) >= 11 is 0. The van der Waals surface area contributed by atoms with Gasteiger partial charge >= 0.3 is 0 Å². The Morgan fingerprint density at radius 2 is 2.35 bits per heavy atom. The number of aryl methyl sites for hydroxylation is 1. The second-order valence-corrected chi connectivity index (χ2v) is 4.99. The van der Waals surface area contributed by atoms with Crippen molar-refractivity contribution in [2.45, 2.75) is 32.7 Å². The number of rotatable bonds is 5. The summed E-state index contributed by atoms with van der Waals surface area (Å²) in [5, 5.41) is 3.60. The summed E-state index contributed by atoms with van der Waals surface area (Å²) < 4.78 is 5.47. The summed E-state index contributed by atoms with van der Waals surface area (Å²) in [4.78, 5) is 0. The molecule has 2 rings (SSSR count). The monoisotopic (exact) mass is 233 g/mol. The third kappa shape index (κ3) is 3.55. The van der Waals surface area contributed by atoms with E-state index in [1.165, 1.54) is 24.0 Å². The van der Waals surface area contributed by atoms with Crippen LogP contribution in [0.3, 0.4) is 0 Å². The summed E-state index contributed by atoms with van der Waals surface area (Å²) in [5.74, 6) is 0.722. The van der Waals surface area contributed by atoms with Gasteiger partial charge in [-0.1, -0.05) is 36.8 Å². The highest BCUT2D eigenvalue weighted by Gasteiger charge is 2.21. The van der Waals surface area contributed by atoms with Crippen LogP contribution in [0.1, 0.15) is 36.9 Å². The van der Waals surface area contributed by atoms with Gasteiger partial charge in [-0.15, -0.1) is 0 Å². The zero-order chi connectivity index (χ0) is 12.1. The molecule has 0 bridgehead atoms. The van der Waals surface area contributed by atoms with Crippen molar-refractivity contribution < 1.29 is 4.74 Å². The van der Waals surface area contributed by atoms with Crippen molar-refractivity contribution in [3.8, 4) is 0 Å². The highest BCUT2D eigenvalue weighted by molar-refractivity contribution is 5.25. The Labute approximate surface area is 104 Å². The van der Waals surface area contributed by atoms with Gasteiger partial charge in [-0.3, -0.25) is 0 Å². The van der Waals surface area contributed by atoms with Gasteiger partial charge in [0.1, 0.15) is 0 Å². The average Bonchev–Trinajstić information content (AvgIpc) is 2.81. The molecule has 2 atom stereocenters. The third-order valence-corrected chi connectivity index (χ3v) is 3.49. The minimum absolute atomic E-state index is 0.478. The highest BCUT2D eigenvalue weighted by Crippen LogP contribution is 2.26. The summed E-state index contributed by atoms with van der Waals surface area (Å²) in [6.45, 7) is 7.23. The fourth-order valence-corrected chi connectivity index (χ4v) is 2.57. The molecule has 0 amide bonds. The fourth-order valence-electron chi connectivity index (χ4n) is 2.57. The van der Waals surface area contributed by atoms with Crippen LogP contribution in [0.4, 0.5) is 0 Å². The van der Waals surface area contributed by atoms with Gasteiger partial charge in [0.25, 0.3) is 0 Å². The molecule has 1 aliphatic rings. The molecule has 1 aliphatic heterocycles. The van der Waals surface area contributed by atoms with Gasteiger partial charge in [0.15, 0.2) is 0 Å². The summed E-state index contributed by atoms with van der Waals surface area (Å²) in [5.41, 5.74) is 2.76. The quantitative estimate of drug-likeness (QED) is 0.844. The molecular formula is C15H23NO. The van der Waals surface area contributed by atoms with E-state index in [1.54, 1.807) is 0 Å². The molecule has 1 saturated heterocycles. The molecule has 0 aromatic heterocycles. The van der Waals surface area contributed by atoms with E-state index in [0.717, 1.165) is 25.7 Å². The van der Waals surface area contributed by atoms with Gasteiger partial charge in [-0.05, 0) is 37.8 Å². The first-order valence-corrected chi connectivity index (χ1v) is 6.67. The van der Waals surface area contributed by atoms with Crippen LogP contribution in [0.15, 0.2) is 24.3 Å². The lowest BCUT2D eigenvalue weighted by Crippen LogP contribution is -2.23. The summed E-state index contributed by atoms with van der Waals surface area (Å²) in [7, 11) is 0. The standard InChI is InChI=1S/C15H23NO/c1-3-16-15(10-13-7-8-17-11-13)14-6-4-5-12(2)9-14/h4-6,9,13,15-16H,3,7-8,10-11H2,1-2H3. The van der Waals surface area contributed by atoms with Crippen molar-refractivity contribution in [3.05, 3.63) is 35.4 Å². The van der Waals surface area contributed by atoms with Crippen molar-refractivity contribution in [3.63, 3.8) is 0 Å². The molecule has 1 fully saturated rings. The Morgan fingerprint density at radius 1 is 1.47 bits per heavy atom. The molecular weight excluding hydrogens is 210 g/mol. The normalized spacial score (nSPS) is 21.6. The largest absolute Gasteiger partial charge is 0.381 e. The highest BCUT2D eigenvalue weighted by atomic mass is 16.5. The van der Waals surface area contributed by atoms with Crippen LogP contribution in [0.2, 0.25) is 0 Å². The number of benzene rings is 1. The van der Waals surface area contributed by atoms with Gasteiger partial charge in [-0.2, -0.15) is 0 Å². The molecule has 1 N–H and O–H groups in total. The molecule has 0 saturated carbocycles. The van der Waals surface area contributed by atoms with Gasteiger partial charge < -0.3 is 10.1 Å². The molecule has 1 aromatic rings. The Hall–Kier alpha value is -0.860. The van der Waals surface area contributed by atoms with Crippen LogP contribution in [0.5, 0.6) is 0 Å². The Balaban J connectivity index is 2.04. The number of ether oxygens (including phenoxy) is 1. The number of hydrogen-bond acceptors (Lipinski definition) is 2. The van der Waals surface area contributed by atoms with Crippen molar-refractivity contribution in [2.75, 3.05) is 19.8 Å². The molecule has 1 heterocycles. The molecule has 2 unspecified atom stereocenters. The van der Waals surface area contributed by atoms with Crippen molar-refractivity contribution in [1.29, 1.82) is 0 Å². The second kappa shape index (κ2) is 6.18. The smallest absolute Gasteiger partial charge is 0.0495 e. The zero-order valence-corrected chi connectivity index (χ0v) is 10.9. The first-order valence-electron chi connectivity index (χ1n) is 6.67. The Kier molecular flexibility index (Phi) is 4.57. The van der Waals surface area contributed by atoms with E-state index in [1.807, 2.05) is 0 Å². The second-order valence-electron chi connectivity index (χ2n) is 4.99. The molecule has 0 radical (unpaired) electrons. The maximum Gasteiger partial charge on any atom is 0.0495 e. The SMILES string of the molecule is CCNC(CC1CCOC1)c1cccc(C)c1. The van der Waals surface area contributed by atoms with Crippen LogP contribution >= 0.6 is 0 Å². The van der Waals surface area contributed by atoms with E-state index in [-0.39, 0.29) is 0 Å². The van der Waals surface area contributed by atoms with Crippen molar-refractivity contribution in [1.82, 2.24) is 5.32 Å². The topological polar surface area (TPSA) is 21.3 Å². The minimum atomic E-state index is 0.478. The van der Waals surface area contributed by atoms with E-state index < -0.39 is 0 Å². The van der Waals surface area contributed by atoms with E-state index >= 15 is 0 Å². The van der Waals surface area contributed by atoms with Gasteiger partial charge in [0.05, 0.1) is 0 Å². The van der Waals surface area contributed by atoms with Crippen LogP contribution < -0.4 is 5.32 Å². The van der Waals surface area contributed by atoms with Gasteiger partial charge in [0.2, 0.25) is 0 Å². The van der Waals surface area contributed by atoms with E-state index in [0.29, 0.717) is 6.04 Å². The minimum Gasteiger partial charge on any atom is -0.381 e. The number of nitrogens with one attached hydrogen (secondary N) is 1. The Bertz CT molecular complexity index is 345. The number of hydrogen-bond donors (Lipinski definition) is 1.